The van der Waals surface area contributed by atoms with Crippen molar-refractivity contribution in [3.8, 4) is 0 Å². The Balaban J connectivity index is -0.000000130. The maximum absolute atomic E-state index is 4.82. The van der Waals surface area contributed by atoms with Crippen molar-refractivity contribution in [2.45, 2.75) is 73.9 Å². The Hall–Kier alpha value is 1.21. The third-order valence-corrected chi connectivity index (χ3v) is 8.85. The summed E-state index contributed by atoms with van der Waals surface area (Å²) in [5.74, 6) is 0. The van der Waals surface area contributed by atoms with Gasteiger partial charge in [-0.3, -0.25) is 0 Å². The molecular weight excluding hydrogens is 424 g/mol. The van der Waals surface area contributed by atoms with Crippen LogP contribution >= 0.6 is 0 Å². The van der Waals surface area contributed by atoms with Crippen molar-refractivity contribution in [3.05, 3.63) is 32.5 Å². The van der Waals surface area contributed by atoms with E-state index < -0.39 is 16.5 Å². The Labute approximate surface area is 172 Å². The summed E-state index contributed by atoms with van der Waals surface area (Å²) in [6, 6.07) is 0. The normalized spacial score (nSPS) is 10.5. The molecule has 1 aromatic rings. The van der Waals surface area contributed by atoms with Gasteiger partial charge in [-0.1, -0.05) is 90.4 Å². The van der Waals surface area contributed by atoms with E-state index in [1.165, 1.54) is 27.8 Å². The molecule has 0 fully saturated rings. The van der Waals surface area contributed by atoms with Gasteiger partial charge in [-0.2, -0.15) is 27.8 Å². The first-order valence-electron chi connectivity index (χ1n) is 7.20. The van der Waals surface area contributed by atoms with Crippen LogP contribution in [0.15, 0.2) is 0 Å². The predicted molar refractivity (Wildman–Crippen MR) is 95.8 cm³/mol. The van der Waals surface area contributed by atoms with Crippen molar-refractivity contribution in [3.63, 3.8) is 0 Å². The SMILES string of the molecule is C[Si](C)(C)[N-][Si](C)(C)C.Cc1c(C)c(C)[c-](C)c1C.[Cl-].[Cl-].[Zr+4]. The smallest absolute Gasteiger partial charge is 1.00 e. The molecule has 0 unspecified atom stereocenters. The number of halogens is 2. The van der Waals surface area contributed by atoms with Gasteiger partial charge in [-0.15, -0.1) is 0 Å². The van der Waals surface area contributed by atoms with Crippen LogP contribution in [0.3, 0.4) is 0 Å². The first-order chi connectivity index (χ1) is 8.26. The molecule has 0 atom stereocenters. The molecule has 22 heavy (non-hydrogen) atoms. The van der Waals surface area contributed by atoms with Crippen LogP contribution in [0.2, 0.25) is 39.3 Å². The summed E-state index contributed by atoms with van der Waals surface area (Å²) in [7, 11) is -2.21. The van der Waals surface area contributed by atoms with E-state index in [0.717, 1.165) is 0 Å². The van der Waals surface area contributed by atoms with Gasteiger partial charge in [0.05, 0.1) is 0 Å². The second-order valence-electron chi connectivity index (χ2n) is 7.58. The molecular formula is C16H33Cl2NSi2Zr. The Morgan fingerprint density at radius 1 is 0.682 bits per heavy atom. The Morgan fingerprint density at radius 2 is 0.909 bits per heavy atom. The van der Waals surface area contributed by atoms with Gasteiger partial charge in [-0.25, -0.2) is 0 Å². The minimum Gasteiger partial charge on any atom is -1.00 e. The van der Waals surface area contributed by atoms with Gasteiger partial charge in [-0.05, 0) is 0 Å². The van der Waals surface area contributed by atoms with Gasteiger partial charge in [0.2, 0.25) is 0 Å². The second kappa shape index (κ2) is 11.7. The van der Waals surface area contributed by atoms with E-state index in [2.05, 4.69) is 73.9 Å². The monoisotopic (exact) mass is 455 g/mol. The van der Waals surface area contributed by atoms with Crippen LogP contribution in [0.4, 0.5) is 0 Å². The Bertz CT molecular complexity index is 341. The summed E-state index contributed by atoms with van der Waals surface area (Å²) in [4.78, 5) is 0. The van der Waals surface area contributed by atoms with Crippen LogP contribution in [0.5, 0.6) is 0 Å². The summed E-state index contributed by atoms with van der Waals surface area (Å²) in [5.41, 5.74) is 7.34. The van der Waals surface area contributed by atoms with E-state index in [1.807, 2.05) is 0 Å². The number of hydrogen-bond donors (Lipinski definition) is 0. The van der Waals surface area contributed by atoms with Crippen molar-refractivity contribution >= 4 is 16.5 Å². The first kappa shape index (κ1) is 31.0. The maximum atomic E-state index is 4.82. The molecule has 0 saturated carbocycles. The maximum Gasteiger partial charge on any atom is 4.00 e. The molecule has 0 saturated heterocycles. The molecule has 1 nitrogen and oxygen atoms in total. The summed E-state index contributed by atoms with van der Waals surface area (Å²) in [6.07, 6.45) is 0. The van der Waals surface area contributed by atoms with Gasteiger partial charge in [0.25, 0.3) is 0 Å². The van der Waals surface area contributed by atoms with Crippen LogP contribution < -0.4 is 24.8 Å². The fourth-order valence-corrected chi connectivity index (χ4v) is 10.5. The van der Waals surface area contributed by atoms with Gasteiger partial charge in [0, 0.05) is 0 Å². The Kier molecular flexibility index (Phi) is 16.5. The van der Waals surface area contributed by atoms with Crippen LogP contribution in [0, 0.1) is 34.6 Å². The third kappa shape index (κ3) is 11.7. The van der Waals surface area contributed by atoms with E-state index in [0.29, 0.717) is 0 Å². The molecule has 0 aliphatic carbocycles. The number of rotatable bonds is 2. The molecule has 0 spiro atoms. The van der Waals surface area contributed by atoms with Crippen molar-refractivity contribution in [1.29, 1.82) is 0 Å². The van der Waals surface area contributed by atoms with Gasteiger partial charge in [0.15, 0.2) is 0 Å². The van der Waals surface area contributed by atoms with Crippen LogP contribution in [-0.4, -0.2) is 16.5 Å². The summed E-state index contributed by atoms with van der Waals surface area (Å²) >= 11 is 0. The molecule has 128 valence electrons. The molecule has 0 bridgehead atoms. The van der Waals surface area contributed by atoms with E-state index in [-0.39, 0.29) is 51.0 Å². The van der Waals surface area contributed by atoms with E-state index in [4.69, 9.17) is 4.65 Å². The molecule has 6 heteroatoms. The molecule has 0 heterocycles. The fraction of sp³-hybridized carbons (Fsp3) is 0.688. The van der Waals surface area contributed by atoms with Crippen LogP contribution in [-0.2, 0) is 26.2 Å². The standard InChI is InChI=1S/C10H15.C6H18NSi2.2ClH.Zr/c1-6-7(2)9(4)10(5)8(6)3;1-8(2,3)7-9(4,5)6;;;/h1-5H3;1-6H3;2*1H;/q2*-1;;;+4/p-2. The molecule has 0 aliphatic rings. The minimum atomic E-state index is -1.11. The van der Waals surface area contributed by atoms with Gasteiger partial charge >= 0.3 is 26.2 Å². The molecule has 0 amide bonds. The van der Waals surface area contributed by atoms with E-state index in [1.54, 1.807) is 0 Å². The zero-order valence-electron chi connectivity index (χ0n) is 16.2. The largest absolute Gasteiger partial charge is 4.00 e. The topological polar surface area (TPSA) is 14.1 Å². The Morgan fingerprint density at radius 3 is 0.955 bits per heavy atom. The van der Waals surface area contributed by atoms with Gasteiger partial charge < -0.3 is 29.5 Å². The molecule has 0 aromatic heterocycles. The summed E-state index contributed by atoms with van der Waals surface area (Å²) < 4.78 is 4.82. The third-order valence-electron chi connectivity index (χ3n) is 3.48. The zero-order chi connectivity index (χ0) is 15.6. The van der Waals surface area contributed by atoms with Crippen molar-refractivity contribution in [1.82, 2.24) is 0 Å². The predicted octanol–water partition coefficient (Wildman–Crippen LogP) is -0.0170. The van der Waals surface area contributed by atoms with Crippen LogP contribution in [0.25, 0.3) is 4.65 Å². The second-order valence-corrected chi connectivity index (χ2v) is 17.2. The zero-order valence-corrected chi connectivity index (χ0v) is 22.2. The molecule has 1 rings (SSSR count). The van der Waals surface area contributed by atoms with E-state index in [9.17, 15) is 0 Å². The molecule has 0 N–H and O–H groups in total. The first-order valence-corrected chi connectivity index (χ1v) is 14.1. The van der Waals surface area contributed by atoms with Crippen molar-refractivity contribution in [2.75, 3.05) is 0 Å². The molecule has 0 radical (unpaired) electrons. The molecule has 0 aliphatic heterocycles. The quantitative estimate of drug-likeness (QED) is 0.438. The van der Waals surface area contributed by atoms with Crippen molar-refractivity contribution < 1.29 is 51.0 Å². The van der Waals surface area contributed by atoms with Crippen LogP contribution in [0.1, 0.15) is 27.8 Å². The summed E-state index contributed by atoms with van der Waals surface area (Å²) in [6.45, 7) is 24.8. The fourth-order valence-electron chi connectivity index (χ4n) is 2.41. The average Bonchev–Trinajstić information content (AvgIpc) is 2.32. The number of nitrogens with zero attached hydrogens (tertiary/aromatic N) is 1. The molecule has 1 aromatic carbocycles. The van der Waals surface area contributed by atoms with Crippen molar-refractivity contribution in [2.24, 2.45) is 0 Å². The minimum absolute atomic E-state index is 0. The number of hydrogen-bond acceptors (Lipinski definition) is 0. The van der Waals surface area contributed by atoms with E-state index >= 15 is 0 Å². The van der Waals surface area contributed by atoms with Gasteiger partial charge in [0.1, 0.15) is 0 Å². The average molecular weight is 458 g/mol. The summed E-state index contributed by atoms with van der Waals surface area (Å²) in [5, 5.41) is 0.